The molecule has 0 aliphatic rings. The number of hydrogen-bond acceptors (Lipinski definition) is 4. The molecule has 1 N–H and O–H groups in total. The zero-order valence-corrected chi connectivity index (χ0v) is 16.2. The topological polar surface area (TPSA) is 67.9 Å². The monoisotopic (exact) mass is 370 g/mol. The second kappa shape index (κ2) is 9.62. The average Bonchev–Trinajstić information content (AvgIpc) is 2.65. The van der Waals surface area contributed by atoms with Crippen LogP contribution in [0.5, 0.6) is 11.5 Å². The molecule has 0 saturated heterocycles. The Bertz CT molecular complexity index is 782. The molecular weight excluding hydrogens is 344 g/mol. The lowest BCUT2D eigenvalue weighted by molar-refractivity contribution is -0.130. The number of carbonyl (C=O) groups is 2. The minimum Gasteiger partial charge on any atom is -0.491 e. The van der Waals surface area contributed by atoms with E-state index in [0.29, 0.717) is 24.5 Å². The lowest BCUT2D eigenvalue weighted by Crippen LogP contribution is -2.28. The highest BCUT2D eigenvalue weighted by molar-refractivity contribution is 5.94. The summed E-state index contributed by atoms with van der Waals surface area (Å²) in [5, 5.41) is 2.82. The van der Waals surface area contributed by atoms with Crippen molar-refractivity contribution >= 4 is 11.8 Å². The largest absolute Gasteiger partial charge is 0.491 e. The molecule has 6 nitrogen and oxygen atoms in total. The van der Waals surface area contributed by atoms with E-state index in [9.17, 15) is 9.59 Å². The number of aryl methyl sites for hydroxylation is 2. The van der Waals surface area contributed by atoms with Crippen molar-refractivity contribution in [3.8, 4) is 11.5 Å². The lowest BCUT2D eigenvalue weighted by Gasteiger charge is -2.13. The Morgan fingerprint density at radius 1 is 1.00 bits per heavy atom. The predicted octanol–water partition coefficient (Wildman–Crippen LogP) is 2.58. The third-order valence-electron chi connectivity index (χ3n) is 4.00. The fourth-order valence-corrected chi connectivity index (χ4v) is 2.45. The molecule has 27 heavy (non-hydrogen) atoms. The summed E-state index contributed by atoms with van der Waals surface area (Å²) in [5.74, 6) is 0.968. The Morgan fingerprint density at radius 2 is 1.67 bits per heavy atom. The molecule has 0 bridgehead atoms. The third kappa shape index (κ3) is 6.02. The normalized spacial score (nSPS) is 10.2. The zero-order valence-electron chi connectivity index (χ0n) is 16.2. The number of rotatable bonds is 8. The average molecular weight is 370 g/mol. The van der Waals surface area contributed by atoms with Gasteiger partial charge in [-0.15, -0.1) is 0 Å². The minimum atomic E-state index is -0.218. The number of likely N-dealkylation sites (N-methyl/N-ethyl adjacent to an activating group) is 1. The number of ether oxygens (including phenoxy) is 2. The molecular formula is C21H26N2O4. The van der Waals surface area contributed by atoms with Gasteiger partial charge in [-0.1, -0.05) is 24.3 Å². The first-order valence-corrected chi connectivity index (χ1v) is 8.78. The maximum absolute atomic E-state index is 12.3. The first-order chi connectivity index (χ1) is 12.9. The van der Waals surface area contributed by atoms with Crippen LogP contribution in [0.15, 0.2) is 42.5 Å². The summed E-state index contributed by atoms with van der Waals surface area (Å²) in [6.07, 6.45) is 0. The molecule has 0 unspecified atom stereocenters. The van der Waals surface area contributed by atoms with Crippen LogP contribution in [0, 0.1) is 13.8 Å². The van der Waals surface area contributed by atoms with E-state index in [4.69, 9.17) is 9.47 Å². The summed E-state index contributed by atoms with van der Waals surface area (Å²) >= 11 is 0. The van der Waals surface area contributed by atoms with E-state index in [1.807, 2.05) is 32.0 Å². The summed E-state index contributed by atoms with van der Waals surface area (Å²) in [5.41, 5.74) is 2.61. The molecule has 2 aromatic carbocycles. The van der Waals surface area contributed by atoms with E-state index in [1.54, 1.807) is 38.4 Å². The van der Waals surface area contributed by atoms with Gasteiger partial charge in [0.25, 0.3) is 11.8 Å². The predicted molar refractivity (Wildman–Crippen MR) is 104 cm³/mol. The molecule has 0 radical (unpaired) electrons. The van der Waals surface area contributed by atoms with E-state index < -0.39 is 0 Å². The van der Waals surface area contributed by atoms with Crippen LogP contribution in [-0.4, -0.2) is 50.6 Å². The van der Waals surface area contributed by atoms with Crippen LogP contribution >= 0.6 is 0 Å². The summed E-state index contributed by atoms with van der Waals surface area (Å²) in [6, 6.07) is 12.7. The highest BCUT2D eigenvalue weighted by atomic mass is 16.5. The van der Waals surface area contributed by atoms with Crippen LogP contribution in [0.3, 0.4) is 0 Å². The van der Waals surface area contributed by atoms with Gasteiger partial charge in [-0.25, -0.2) is 0 Å². The van der Waals surface area contributed by atoms with Crippen molar-refractivity contribution < 1.29 is 19.1 Å². The van der Waals surface area contributed by atoms with Gasteiger partial charge in [0.05, 0.1) is 6.54 Å². The van der Waals surface area contributed by atoms with Crippen molar-refractivity contribution in [2.75, 3.05) is 33.9 Å². The highest BCUT2D eigenvalue weighted by Gasteiger charge is 2.09. The van der Waals surface area contributed by atoms with Crippen LogP contribution in [0.25, 0.3) is 0 Å². The number of benzene rings is 2. The van der Waals surface area contributed by atoms with Crippen molar-refractivity contribution in [2.45, 2.75) is 13.8 Å². The van der Waals surface area contributed by atoms with Gasteiger partial charge in [-0.05, 0) is 43.2 Å². The Hall–Kier alpha value is -3.02. The molecule has 0 aromatic heterocycles. The smallest absolute Gasteiger partial charge is 0.259 e. The Labute approximate surface area is 160 Å². The van der Waals surface area contributed by atoms with Gasteiger partial charge in [0.1, 0.15) is 18.1 Å². The molecule has 144 valence electrons. The summed E-state index contributed by atoms with van der Waals surface area (Å²) in [6.45, 7) is 4.68. The van der Waals surface area contributed by atoms with Crippen molar-refractivity contribution in [3.63, 3.8) is 0 Å². The van der Waals surface area contributed by atoms with E-state index in [0.717, 1.165) is 16.9 Å². The van der Waals surface area contributed by atoms with E-state index >= 15 is 0 Å². The fourth-order valence-electron chi connectivity index (χ4n) is 2.45. The zero-order chi connectivity index (χ0) is 19.8. The number of para-hydroxylation sites is 1. The van der Waals surface area contributed by atoms with Crippen molar-refractivity contribution in [2.24, 2.45) is 0 Å². The molecule has 0 heterocycles. The highest BCUT2D eigenvalue weighted by Crippen LogP contribution is 2.22. The lowest BCUT2D eigenvalue weighted by atomic mass is 10.1. The molecule has 2 rings (SSSR count). The molecule has 0 saturated carbocycles. The molecule has 6 heteroatoms. The number of nitrogens with zero attached hydrogens (tertiary/aromatic N) is 1. The SMILES string of the molecule is Cc1cccc(C)c1OCCNC(=O)c1cccc(OCC(=O)N(C)C)c1. The van der Waals surface area contributed by atoms with Gasteiger partial charge in [0, 0.05) is 19.7 Å². The van der Waals surface area contributed by atoms with Crippen LogP contribution in [0.4, 0.5) is 0 Å². The Kier molecular flexibility index (Phi) is 7.23. The van der Waals surface area contributed by atoms with E-state index in [2.05, 4.69) is 5.32 Å². The van der Waals surface area contributed by atoms with Gasteiger partial charge in [0.15, 0.2) is 6.61 Å². The Morgan fingerprint density at radius 3 is 2.33 bits per heavy atom. The molecule has 2 amide bonds. The fraction of sp³-hybridized carbons (Fsp3) is 0.333. The van der Waals surface area contributed by atoms with Gasteiger partial charge < -0.3 is 19.7 Å². The second-order valence-electron chi connectivity index (χ2n) is 6.43. The van der Waals surface area contributed by atoms with Crippen molar-refractivity contribution in [1.29, 1.82) is 0 Å². The van der Waals surface area contributed by atoms with Crippen LogP contribution in [-0.2, 0) is 4.79 Å². The standard InChI is InChI=1S/C21H26N2O4/c1-15-7-5-8-16(2)20(15)26-12-11-22-21(25)17-9-6-10-18(13-17)27-14-19(24)23(3)4/h5-10,13H,11-12,14H2,1-4H3,(H,22,25). The van der Waals surface area contributed by atoms with Crippen molar-refractivity contribution in [3.05, 3.63) is 59.2 Å². The number of carbonyl (C=O) groups excluding carboxylic acids is 2. The summed E-state index contributed by atoms with van der Waals surface area (Å²) in [4.78, 5) is 25.3. The quantitative estimate of drug-likeness (QED) is 0.725. The van der Waals surface area contributed by atoms with Gasteiger partial charge in [-0.3, -0.25) is 9.59 Å². The first kappa shape index (κ1) is 20.3. The maximum atomic E-state index is 12.3. The molecule has 2 aromatic rings. The van der Waals surface area contributed by atoms with Crippen molar-refractivity contribution in [1.82, 2.24) is 10.2 Å². The number of amides is 2. The second-order valence-corrected chi connectivity index (χ2v) is 6.43. The van der Waals surface area contributed by atoms with E-state index in [1.165, 1.54) is 4.90 Å². The number of nitrogens with one attached hydrogen (secondary N) is 1. The summed E-state index contributed by atoms with van der Waals surface area (Å²) < 4.78 is 11.2. The van der Waals surface area contributed by atoms with Gasteiger partial charge >= 0.3 is 0 Å². The molecule has 0 aliphatic heterocycles. The number of hydrogen-bond donors (Lipinski definition) is 1. The van der Waals surface area contributed by atoms with Crippen LogP contribution in [0.1, 0.15) is 21.5 Å². The Balaban J connectivity index is 1.83. The molecule has 0 aliphatic carbocycles. The van der Waals surface area contributed by atoms with Gasteiger partial charge in [0.2, 0.25) is 0 Å². The molecule has 0 atom stereocenters. The first-order valence-electron chi connectivity index (χ1n) is 8.78. The van der Waals surface area contributed by atoms with Crippen LogP contribution < -0.4 is 14.8 Å². The molecule has 0 fully saturated rings. The van der Waals surface area contributed by atoms with Crippen LogP contribution in [0.2, 0.25) is 0 Å². The molecule has 0 spiro atoms. The maximum Gasteiger partial charge on any atom is 0.259 e. The van der Waals surface area contributed by atoms with Gasteiger partial charge in [-0.2, -0.15) is 0 Å². The minimum absolute atomic E-state index is 0.0678. The summed E-state index contributed by atoms with van der Waals surface area (Å²) in [7, 11) is 3.33. The van der Waals surface area contributed by atoms with E-state index in [-0.39, 0.29) is 18.4 Å². The third-order valence-corrected chi connectivity index (χ3v) is 4.00.